The van der Waals surface area contributed by atoms with Gasteiger partial charge in [0.1, 0.15) is 0 Å². The topological polar surface area (TPSA) is 52.9 Å². The first-order valence-electron chi connectivity index (χ1n) is 5.39. The molecule has 1 aliphatic heterocycles. The number of benzene rings is 1. The van der Waals surface area contributed by atoms with Crippen molar-refractivity contribution in [1.82, 2.24) is 5.01 Å². The van der Waals surface area contributed by atoms with E-state index in [0.717, 1.165) is 21.6 Å². The van der Waals surface area contributed by atoms with E-state index in [1.54, 1.807) is 12.1 Å². The van der Waals surface area contributed by atoms with E-state index in [2.05, 4.69) is 21.0 Å². The lowest BCUT2D eigenvalue weighted by atomic mass is 9.97. The summed E-state index contributed by atoms with van der Waals surface area (Å²) in [5, 5.41) is 15.8. The normalized spacial score (nSPS) is 23.7. The fourth-order valence-electron chi connectivity index (χ4n) is 1.89. The number of hydrogen-bond acceptors (Lipinski definition) is 3. The fraction of sp³-hybridized carbons (Fsp3) is 0.333. The highest BCUT2D eigenvalue weighted by Crippen LogP contribution is 2.35. The number of halogens is 1. The van der Waals surface area contributed by atoms with Gasteiger partial charge in [-0.3, -0.25) is 4.79 Å². The van der Waals surface area contributed by atoms with Gasteiger partial charge in [0.05, 0.1) is 0 Å². The molecule has 0 radical (unpaired) electrons. The van der Waals surface area contributed by atoms with Gasteiger partial charge in [0.25, 0.3) is 0 Å². The Morgan fingerprint density at radius 2 is 2.18 bits per heavy atom. The molecule has 0 aliphatic carbocycles. The molecule has 0 spiro atoms. The van der Waals surface area contributed by atoms with E-state index in [0.29, 0.717) is 18.4 Å². The highest BCUT2D eigenvalue weighted by molar-refractivity contribution is 9.10. The highest BCUT2D eigenvalue weighted by atomic mass is 79.9. The van der Waals surface area contributed by atoms with Gasteiger partial charge in [0, 0.05) is 22.2 Å². The van der Waals surface area contributed by atoms with Crippen LogP contribution >= 0.6 is 15.9 Å². The van der Waals surface area contributed by atoms with E-state index in [9.17, 15) is 9.90 Å². The van der Waals surface area contributed by atoms with Gasteiger partial charge in [-0.25, -0.2) is 0 Å². The van der Waals surface area contributed by atoms with Gasteiger partial charge in [0.2, 0.25) is 6.41 Å². The van der Waals surface area contributed by atoms with E-state index in [1.165, 1.54) is 0 Å². The third-order valence-electron chi connectivity index (χ3n) is 2.89. The third kappa shape index (κ3) is 2.12. The largest absolute Gasteiger partial charge is 0.365 e. The predicted octanol–water partition coefficient (Wildman–Crippen LogP) is 2.22. The molecule has 0 fully saturated rings. The Balaban J connectivity index is 2.36. The summed E-state index contributed by atoms with van der Waals surface area (Å²) in [5.41, 5.74) is 0.149. The number of amides is 1. The number of hydrazone groups is 1. The van der Waals surface area contributed by atoms with Crippen LogP contribution in [-0.2, 0) is 10.5 Å². The number of aliphatic hydroxyl groups is 1. The van der Waals surface area contributed by atoms with Gasteiger partial charge in [-0.15, -0.1) is 0 Å². The molecule has 1 aliphatic rings. The number of carbonyl (C=O) groups is 1. The van der Waals surface area contributed by atoms with Crippen molar-refractivity contribution in [1.29, 1.82) is 0 Å². The van der Waals surface area contributed by atoms with Crippen LogP contribution in [0.3, 0.4) is 0 Å². The van der Waals surface area contributed by atoms with Crippen LogP contribution in [0.15, 0.2) is 33.8 Å². The molecule has 1 amide bonds. The van der Waals surface area contributed by atoms with E-state index < -0.39 is 5.72 Å². The maximum atomic E-state index is 11.0. The van der Waals surface area contributed by atoms with Crippen molar-refractivity contribution in [3.05, 3.63) is 34.3 Å². The summed E-state index contributed by atoms with van der Waals surface area (Å²) in [7, 11) is 0. The summed E-state index contributed by atoms with van der Waals surface area (Å²) in [6, 6.07) is 7.24. The lowest BCUT2D eigenvalue weighted by Gasteiger charge is -2.28. The molecular weight excluding hydrogens is 284 g/mol. The van der Waals surface area contributed by atoms with Crippen molar-refractivity contribution < 1.29 is 9.90 Å². The van der Waals surface area contributed by atoms with Crippen LogP contribution in [-0.4, -0.2) is 22.2 Å². The monoisotopic (exact) mass is 296 g/mol. The Labute approximate surface area is 108 Å². The summed E-state index contributed by atoms with van der Waals surface area (Å²) >= 11 is 3.34. The lowest BCUT2D eigenvalue weighted by molar-refractivity contribution is -0.143. The molecule has 2 rings (SSSR count). The molecule has 1 aromatic carbocycles. The van der Waals surface area contributed by atoms with Crippen LogP contribution < -0.4 is 0 Å². The van der Waals surface area contributed by atoms with E-state index in [4.69, 9.17) is 0 Å². The van der Waals surface area contributed by atoms with Gasteiger partial charge in [0.15, 0.2) is 5.72 Å². The van der Waals surface area contributed by atoms with Crippen LogP contribution in [0.2, 0.25) is 0 Å². The van der Waals surface area contributed by atoms with Crippen molar-refractivity contribution in [2.45, 2.75) is 25.5 Å². The van der Waals surface area contributed by atoms with Gasteiger partial charge >= 0.3 is 0 Å². The Bertz CT molecular complexity index is 458. The summed E-state index contributed by atoms with van der Waals surface area (Å²) < 4.78 is 0.928. The number of hydrogen-bond donors (Lipinski definition) is 1. The zero-order valence-electron chi connectivity index (χ0n) is 9.43. The Kier molecular flexibility index (Phi) is 3.31. The van der Waals surface area contributed by atoms with Crippen molar-refractivity contribution in [2.75, 3.05) is 0 Å². The van der Waals surface area contributed by atoms with Crippen LogP contribution in [0.25, 0.3) is 0 Å². The second-order valence-corrected chi connectivity index (χ2v) is 4.89. The van der Waals surface area contributed by atoms with Crippen molar-refractivity contribution >= 4 is 28.1 Å². The van der Waals surface area contributed by atoms with Crippen molar-refractivity contribution in [3.8, 4) is 0 Å². The molecule has 1 heterocycles. The molecule has 0 saturated heterocycles. The van der Waals surface area contributed by atoms with Crippen molar-refractivity contribution in [3.63, 3.8) is 0 Å². The standard InChI is InChI=1S/C12H13BrN2O2/c1-2-11-7-12(17,15(8-16)14-11)9-3-5-10(13)6-4-9/h3-6,8,17H,2,7H2,1H3/t12-/m0/s1. The van der Waals surface area contributed by atoms with Crippen LogP contribution in [0.4, 0.5) is 0 Å². The van der Waals surface area contributed by atoms with Gasteiger partial charge in [-0.1, -0.05) is 35.0 Å². The van der Waals surface area contributed by atoms with Gasteiger partial charge in [-0.2, -0.15) is 10.1 Å². The maximum Gasteiger partial charge on any atom is 0.232 e. The Morgan fingerprint density at radius 1 is 1.53 bits per heavy atom. The number of nitrogens with zero attached hydrogens (tertiary/aromatic N) is 2. The summed E-state index contributed by atoms with van der Waals surface area (Å²) in [6.07, 6.45) is 1.65. The maximum absolute atomic E-state index is 11.0. The molecule has 1 N–H and O–H groups in total. The molecule has 90 valence electrons. The first kappa shape index (κ1) is 12.3. The molecule has 0 bridgehead atoms. The molecule has 1 aromatic rings. The minimum atomic E-state index is -1.34. The molecule has 0 saturated carbocycles. The van der Waals surface area contributed by atoms with Gasteiger partial charge in [-0.05, 0) is 18.6 Å². The molecule has 5 heteroatoms. The number of carbonyl (C=O) groups excluding carboxylic acids is 1. The van der Waals surface area contributed by atoms with E-state index >= 15 is 0 Å². The molecule has 1 atom stereocenters. The first-order chi connectivity index (χ1) is 8.10. The van der Waals surface area contributed by atoms with Crippen LogP contribution in [0.5, 0.6) is 0 Å². The Hall–Kier alpha value is -1.20. The van der Waals surface area contributed by atoms with E-state index in [-0.39, 0.29) is 0 Å². The predicted molar refractivity (Wildman–Crippen MR) is 68.3 cm³/mol. The summed E-state index contributed by atoms with van der Waals surface area (Å²) in [4.78, 5) is 11.0. The summed E-state index contributed by atoms with van der Waals surface area (Å²) in [5.74, 6) is 0. The molecule has 0 unspecified atom stereocenters. The Morgan fingerprint density at radius 3 is 2.71 bits per heavy atom. The lowest BCUT2D eigenvalue weighted by Crippen LogP contribution is -2.38. The zero-order chi connectivity index (χ0) is 12.5. The molecule has 4 nitrogen and oxygen atoms in total. The minimum Gasteiger partial charge on any atom is -0.365 e. The van der Waals surface area contributed by atoms with Crippen LogP contribution in [0, 0.1) is 0 Å². The van der Waals surface area contributed by atoms with Gasteiger partial charge < -0.3 is 5.11 Å². The van der Waals surface area contributed by atoms with E-state index in [1.807, 2.05) is 19.1 Å². The minimum absolute atomic E-state index is 0.365. The third-order valence-corrected chi connectivity index (χ3v) is 3.42. The second kappa shape index (κ2) is 4.58. The van der Waals surface area contributed by atoms with Crippen LogP contribution in [0.1, 0.15) is 25.3 Å². The molecular formula is C12H13BrN2O2. The average molecular weight is 297 g/mol. The first-order valence-corrected chi connectivity index (χ1v) is 6.19. The van der Waals surface area contributed by atoms with Crippen molar-refractivity contribution in [2.24, 2.45) is 5.10 Å². The highest BCUT2D eigenvalue weighted by Gasteiger charge is 2.41. The smallest absolute Gasteiger partial charge is 0.232 e. The number of rotatable bonds is 3. The SMILES string of the molecule is CCC1=NN(C=O)[C@@](O)(c2ccc(Br)cc2)C1. The average Bonchev–Trinajstić information content (AvgIpc) is 2.68. The second-order valence-electron chi connectivity index (χ2n) is 3.97. The quantitative estimate of drug-likeness (QED) is 0.870. The molecule has 17 heavy (non-hydrogen) atoms. The summed E-state index contributed by atoms with van der Waals surface area (Å²) in [6.45, 7) is 1.95. The fourth-order valence-corrected chi connectivity index (χ4v) is 2.16. The zero-order valence-corrected chi connectivity index (χ0v) is 11.0. The molecule has 0 aromatic heterocycles.